The van der Waals surface area contributed by atoms with Crippen LogP contribution < -0.4 is 16.4 Å². The Morgan fingerprint density at radius 2 is 2.12 bits per heavy atom. The second kappa shape index (κ2) is 4.99. The Labute approximate surface area is 95.2 Å². The molecular formula is C12H17N3O. The van der Waals surface area contributed by atoms with Crippen molar-refractivity contribution in [3.8, 4) is 0 Å². The molecule has 4 N–H and O–H groups in total. The predicted octanol–water partition coefficient (Wildman–Crippen LogP) is 1.11. The van der Waals surface area contributed by atoms with E-state index in [9.17, 15) is 4.79 Å². The third-order valence-corrected chi connectivity index (χ3v) is 2.59. The van der Waals surface area contributed by atoms with E-state index in [0.29, 0.717) is 19.1 Å². The van der Waals surface area contributed by atoms with E-state index in [4.69, 9.17) is 5.73 Å². The number of rotatable bonds is 4. The van der Waals surface area contributed by atoms with Gasteiger partial charge in [0, 0.05) is 19.1 Å². The second-order valence-electron chi connectivity index (χ2n) is 4.13. The lowest BCUT2D eigenvalue weighted by Gasteiger charge is -2.07. The molecule has 4 nitrogen and oxygen atoms in total. The first-order valence-corrected chi connectivity index (χ1v) is 5.60. The van der Waals surface area contributed by atoms with E-state index < -0.39 is 0 Å². The molecule has 2 rings (SSSR count). The summed E-state index contributed by atoms with van der Waals surface area (Å²) in [5.41, 5.74) is 7.71. The maximum atomic E-state index is 11.4. The van der Waals surface area contributed by atoms with Crippen molar-refractivity contribution in [1.82, 2.24) is 10.6 Å². The zero-order valence-electron chi connectivity index (χ0n) is 9.20. The minimum absolute atomic E-state index is 0.0827. The Hall–Kier alpha value is -1.55. The number of amides is 2. The maximum Gasteiger partial charge on any atom is 0.315 e. The number of nitrogens with two attached hydrogens (primary N) is 1. The van der Waals surface area contributed by atoms with Gasteiger partial charge in [0.15, 0.2) is 0 Å². The zero-order chi connectivity index (χ0) is 11.4. The van der Waals surface area contributed by atoms with Crippen LogP contribution in [0.25, 0.3) is 0 Å². The molecule has 0 unspecified atom stereocenters. The highest BCUT2D eigenvalue weighted by atomic mass is 16.2. The summed E-state index contributed by atoms with van der Waals surface area (Å²) in [6.45, 7) is 1.08. The van der Waals surface area contributed by atoms with E-state index in [1.54, 1.807) is 0 Å². The summed E-state index contributed by atoms with van der Waals surface area (Å²) in [5, 5.41) is 5.71. The summed E-state index contributed by atoms with van der Waals surface area (Å²) in [6, 6.07) is 8.25. The fraction of sp³-hybridized carbons (Fsp3) is 0.417. The number of hydrogen-bond donors (Lipinski definition) is 3. The van der Waals surface area contributed by atoms with Crippen LogP contribution in [0.3, 0.4) is 0 Å². The SMILES string of the molecule is NCc1cccc(CNC(=O)NC2CC2)c1. The number of urea groups is 1. The Balaban J connectivity index is 1.80. The Bertz CT molecular complexity index is 374. The molecule has 0 heterocycles. The van der Waals surface area contributed by atoms with Gasteiger partial charge in [-0.1, -0.05) is 24.3 Å². The van der Waals surface area contributed by atoms with Gasteiger partial charge >= 0.3 is 6.03 Å². The Morgan fingerprint density at radius 1 is 1.38 bits per heavy atom. The zero-order valence-corrected chi connectivity index (χ0v) is 9.20. The lowest BCUT2D eigenvalue weighted by molar-refractivity contribution is 0.240. The third kappa shape index (κ3) is 3.24. The van der Waals surface area contributed by atoms with Crippen molar-refractivity contribution in [2.45, 2.75) is 32.0 Å². The third-order valence-electron chi connectivity index (χ3n) is 2.59. The summed E-state index contributed by atoms with van der Waals surface area (Å²) in [7, 11) is 0. The van der Waals surface area contributed by atoms with Gasteiger partial charge in [-0.3, -0.25) is 0 Å². The van der Waals surface area contributed by atoms with Crippen molar-refractivity contribution in [3.63, 3.8) is 0 Å². The molecule has 2 amide bonds. The fourth-order valence-corrected chi connectivity index (χ4v) is 1.51. The average Bonchev–Trinajstić information content (AvgIpc) is 3.10. The van der Waals surface area contributed by atoms with E-state index in [-0.39, 0.29) is 6.03 Å². The summed E-state index contributed by atoms with van der Waals surface area (Å²) in [6.07, 6.45) is 2.21. The van der Waals surface area contributed by atoms with Crippen molar-refractivity contribution < 1.29 is 4.79 Å². The quantitative estimate of drug-likeness (QED) is 0.710. The van der Waals surface area contributed by atoms with E-state index in [2.05, 4.69) is 10.6 Å². The van der Waals surface area contributed by atoms with Crippen LogP contribution in [0.4, 0.5) is 4.79 Å². The highest BCUT2D eigenvalue weighted by Gasteiger charge is 2.22. The molecular weight excluding hydrogens is 202 g/mol. The number of carbonyl (C=O) groups is 1. The van der Waals surface area contributed by atoms with Gasteiger partial charge in [-0.2, -0.15) is 0 Å². The monoisotopic (exact) mass is 219 g/mol. The molecule has 16 heavy (non-hydrogen) atoms. The normalized spacial score (nSPS) is 14.6. The number of benzene rings is 1. The molecule has 0 saturated heterocycles. The van der Waals surface area contributed by atoms with E-state index in [1.807, 2.05) is 24.3 Å². The number of nitrogens with one attached hydrogen (secondary N) is 2. The highest BCUT2D eigenvalue weighted by molar-refractivity contribution is 5.74. The summed E-state index contributed by atoms with van der Waals surface area (Å²) in [5.74, 6) is 0. The molecule has 86 valence electrons. The smallest absolute Gasteiger partial charge is 0.315 e. The molecule has 0 bridgehead atoms. The Morgan fingerprint density at radius 3 is 2.81 bits per heavy atom. The van der Waals surface area contributed by atoms with Crippen LogP contribution >= 0.6 is 0 Å². The van der Waals surface area contributed by atoms with Crippen molar-refractivity contribution in [2.24, 2.45) is 5.73 Å². The number of hydrogen-bond acceptors (Lipinski definition) is 2. The molecule has 0 spiro atoms. The number of carbonyl (C=O) groups excluding carboxylic acids is 1. The first-order chi connectivity index (χ1) is 7.78. The standard InChI is InChI=1S/C12H17N3O/c13-7-9-2-1-3-10(6-9)8-14-12(16)15-11-4-5-11/h1-3,6,11H,4-5,7-8,13H2,(H2,14,15,16). The van der Waals surface area contributed by atoms with Crippen LogP contribution in [-0.4, -0.2) is 12.1 Å². The molecule has 1 fully saturated rings. The first-order valence-electron chi connectivity index (χ1n) is 5.60. The topological polar surface area (TPSA) is 67.1 Å². The van der Waals surface area contributed by atoms with Gasteiger partial charge in [-0.05, 0) is 24.0 Å². The van der Waals surface area contributed by atoms with E-state index >= 15 is 0 Å². The van der Waals surface area contributed by atoms with Crippen molar-refractivity contribution in [3.05, 3.63) is 35.4 Å². The van der Waals surface area contributed by atoms with Crippen molar-refractivity contribution >= 4 is 6.03 Å². The average molecular weight is 219 g/mol. The molecule has 1 aliphatic rings. The van der Waals surface area contributed by atoms with Crippen molar-refractivity contribution in [1.29, 1.82) is 0 Å². The van der Waals surface area contributed by atoms with Gasteiger partial charge in [0.25, 0.3) is 0 Å². The largest absolute Gasteiger partial charge is 0.335 e. The first kappa shape index (κ1) is 11.0. The van der Waals surface area contributed by atoms with Crippen LogP contribution in [-0.2, 0) is 13.1 Å². The fourth-order valence-electron chi connectivity index (χ4n) is 1.51. The van der Waals surface area contributed by atoms with Crippen LogP contribution in [0.1, 0.15) is 24.0 Å². The van der Waals surface area contributed by atoms with Crippen LogP contribution in [0.5, 0.6) is 0 Å². The van der Waals surface area contributed by atoms with Gasteiger partial charge in [0.2, 0.25) is 0 Å². The molecule has 1 aromatic rings. The minimum atomic E-state index is -0.0827. The van der Waals surface area contributed by atoms with Crippen LogP contribution in [0.15, 0.2) is 24.3 Å². The van der Waals surface area contributed by atoms with Crippen LogP contribution in [0.2, 0.25) is 0 Å². The molecule has 4 heteroatoms. The predicted molar refractivity (Wildman–Crippen MR) is 62.7 cm³/mol. The molecule has 1 aromatic carbocycles. The summed E-state index contributed by atoms with van der Waals surface area (Å²) in [4.78, 5) is 11.4. The maximum absolute atomic E-state index is 11.4. The molecule has 1 saturated carbocycles. The molecule has 1 aliphatic carbocycles. The Kier molecular flexibility index (Phi) is 3.41. The minimum Gasteiger partial charge on any atom is -0.335 e. The van der Waals surface area contributed by atoms with Crippen LogP contribution in [0, 0.1) is 0 Å². The summed E-state index contributed by atoms with van der Waals surface area (Å²) >= 11 is 0. The van der Waals surface area contributed by atoms with E-state index in [1.165, 1.54) is 0 Å². The lowest BCUT2D eigenvalue weighted by Crippen LogP contribution is -2.36. The van der Waals surface area contributed by atoms with Gasteiger partial charge in [-0.25, -0.2) is 4.79 Å². The molecule has 0 aliphatic heterocycles. The second-order valence-corrected chi connectivity index (χ2v) is 4.13. The highest BCUT2D eigenvalue weighted by Crippen LogP contribution is 2.18. The molecule has 0 aromatic heterocycles. The van der Waals surface area contributed by atoms with E-state index in [0.717, 1.165) is 24.0 Å². The summed E-state index contributed by atoms with van der Waals surface area (Å²) < 4.78 is 0. The molecule has 0 radical (unpaired) electrons. The lowest BCUT2D eigenvalue weighted by atomic mass is 10.1. The van der Waals surface area contributed by atoms with Crippen molar-refractivity contribution in [2.75, 3.05) is 0 Å². The molecule has 0 atom stereocenters. The van der Waals surface area contributed by atoms with Gasteiger partial charge in [0.1, 0.15) is 0 Å². The van der Waals surface area contributed by atoms with Gasteiger partial charge in [0.05, 0.1) is 0 Å². The van der Waals surface area contributed by atoms with Gasteiger partial charge < -0.3 is 16.4 Å². The van der Waals surface area contributed by atoms with Gasteiger partial charge in [-0.15, -0.1) is 0 Å².